The van der Waals surface area contributed by atoms with Gasteiger partial charge in [-0.3, -0.25) is 4.79 Å². The molecule has 0 unspecified atom stereocenters. The van der Waals surface area contributed by atoms with Gasteiger partial charge in [-0.05, 0) is 50.0 Å². The van der Waals surface area contributed by atoms with Crippen molar-refractivity contribution < 1.29 is 15.0 Å². The minimum atomic E-state index is -0.274. The highest BCUT2D eigenvalue weighted by Crippen LogP contribution is 2.24. The van der Waals surface area contributed by atoms with Gasteiger partial charge in [0.2, 0.25) is 0 Å². The SMILES string of the molecule is O=C(NCC1CCNCC1)c1ccc(O)c(O)c1. The fraction of sp³-hybridized carbons (Fsp3) is 0.462. The highest BCUT2D eigenvalue weighted by atomic mass is 16.3. The van der Waals surface area contributed by atoms with Crippen molar-refractivity contribution in [2.24, 2.45) is 5.92 Å². The van der Waals surface area contributed by atoms with Gasteiger partial charge in [-0.25, -0.2) is 0 Å². The van der Waals surface area contributed by atoms with Crippen LogP contribution in [0.2, 0.25) is 0 Å². The zero-order valence-electron chi connectivity index (χ0n) is 10.1. The summed E-state index contributed by atoms with van der Waals surface area (Å²) in [7, 11) is 0. The summed E-state index contributed by atoms with van der Waals surface area (Å²) in [6.07, 6.45) is 2.14. The average Bonchev–Trinajstić information content (AvgIpc) is 2.40. The van der Waals surface area contributed by atoms with Gasteiger partial charge in [-0.1, -0.05) is 0 Å². The summed E-state index contributed by atoms with van der Waals surface area (Å²) >= 11 is 0. The Bertz CT molecular complexity index is 428. The van der Waals surface area contributed by atoms with Crippen molar-refractivity contribution in [3.05, 3.63) is 23.8 Å². The lowest BCUT2D eigenvalue weighted by Gasteiger charge is -2.22. The third-order valence-corrected chi connectivity index (χ3v) is 3.25. The molecule has 1 aromatic carbocycles. The number of nitrogens with one attached hydrogen (secondary N) is 2. The molecule has 18 heavy (non-hydrogen) atoms. The van der Waals surface area contributed by atoms with Crippen molar-refractivity contribution in [1.82, 2.24) is 10.6 Å². The molecule has 5 nitrogen and oxygen atoms in total. The van der Waals surface area contributed by atoms with Gasteiger partial charge in [0.15, 0.2) is 11.5 Å². The molecule has 0 bridgehead atoms. The number of carbonyl (C=O) groups is 1. The molecule has 1 fully saturated rings. The van der Waals surface area contributed by atoms with Gasteiger partial charge in [-0.15, -0.1) is 0 Å². The first-order valence-corrected chi connectivity index (χ1v) is 6.17. The van der Waals surface area contributed by atoms with E-state index in [1.54, 1.807) is 0 Å². The van der Waals surface area contributed by atoms with Crippen LogP contribution in [0.15, 0.2) is 18.2 Å². The zero-order chi connectivity index (χ0) is 13.0. The monoisotopic (exact) mass is 250 g/mol. The van der Waals surface area contributed by atoms with Crippen LogP contribution in [0.4, 0.5) is 0 Å². The first-order chi connectivity index (χ1) is 8.66. The number of hydrogen-bond donors (Lipinski definition) is 4. The largest absolute Gasteiger partial charge is 0.504 e. The third kappa shape index (κ3) is 3.13. The molecule has 1 aromatic rings. The van der Waals surface area contributed by atoms with E-state index in [0.717, 1.165) is 25.9 Å². The second-order valence-electron chi connectivity index (χ2n) is 4.61. The van der Waals surface area contributed by atoms with E-state index in [0.29, 0.717) is 18.0 Å². The fourth-order valence-electron chi connectivity index (χ4n) is 2.09. The number of phenols is 2. The molecule has 5 heteroatoms. The molecule has 0 aromatic heterocycles. The van der Waals surface area contributed by atoms with Crippen molar-refractivity contribution in [2.75, 3.05) is 19.6 Å². The van der Waals surface area contributed by atoms with Crippen molar-refractivity contribution in [2.45, 2.75) is 12.8 Å². The number of rotatable bonds is 3. The Morgan fingerprint density at radius 3 is 2.67 bits per heavy atom. The minimum absolute atomic E-state index is 0.218. The summed E-state index contributed by atoms with van der Waals surface area (Å²) in [4.78, 5) is 11.8. The summed E-state index contributed by atoms with van der Waals surface area (Å²) < 4.78 is 0. The van der Waals surface area contributed by atoms with Crippen molar-refractivity contribution >= 4 is 5.91 Å². The van der Waals surface area contributed by atoms with Gasteiger partial charge in [-0.2, -0.15) is 0 Å². The van der Waals surface area contributed by atoms with E-state index in [1.165, 1.54) is 18.2 Å². The molecule has 1 aliphatic heterocycles. The smallest absolute Gasteiger partial charge is 0.251 e. The summed E-state index contributed by atoms with van der Waals surface area (Å²) in [5, 5.41) is 24.6. The van der Waals surface area contributed by atoms with Crippen molar-refractivity contribution in [1.29, 1.82) is 0 Å². The molecular weight excluding hydrogens is 232 g/mol. The highest BCUT2D eigenvalue weighted by molar-refractivity contribution is 5.94. The molecule has 2 rings (SSSR count). The number of piperidine rings is 1. The summed E-state index contributed by atoms with van der Waals surface area (Å²) in [5.74, 6) is -0.195. The van der Waals surface area contributed by atoms with Crippen LogP contribution < -0.4 is 10.6 Å². The lowest BCUT2D eigenvalue weighted by atomic mass is 9.98. The first-order valence-electron chi connectivity index (χ1n) is 6.17. The Balaban J connectivity index is 1.88. The number of carbonyl (C=O) groups excluding carboxylic acids is 1. The molecule has 0 atom stereocenters. The van der Waals surface area contributed by atoms with Gasteiger partial charge in [0.1, 0.15) is 0 Å². The molecule has 1 amide bonds. The zero-order valence-corrected chi connectivity index (χ0v) is 10.1. The second-order valence-corrected chi connectivity index (χ2v) is 4.61. The van der Waals surface area contributed by atoms with Crippen molar-refractivity contribution in [3.8, 4) is 11.5 Å². The molecule has 1 heterocycles. The number of phenolic OH excluding ortho intramolecular Hbond substituents is 2. The van der Waals surface area contributed by atoms with Gasteiger partial charge in [0.05, 0.1) is 0 Å². The van der Waals surface area contributed by atoms with Crippen LogP contribution >= 0.6 is 0 Å². The second kappa shape index (κ2) is 5.73. The number of amides is 1. The molecule has 0 aliphatic carbocycles. The van der Waals surface area contributed by atoms with Crippen LogP contribution in [0.25, 0.3) is 0 Å². The summed E-state index contributed by atoms with van der Waals surface area (Å²) in [5.41, 5.74) is 0.360. The van der Waals surface area contributed by atoms with E-state index in [4.69, 9.17) is 0 Å². The Morgan fingerprint density at radius 2 is 2.00 bits per heavy atom. The normalized spacial score (nSPS) is 16.4. The van der Waals surface area contributed by atoms with Crippen LogP contribution in [0.5, 0.6) is 11.5 Å². The number of hydrogen-bond acceptors (Lipinski definition) is 4. The quantitative estimate of drug-likeness (QED) is 0.599. The first kappa shape index (κ1) is 12.7. The lowest BCUT2D eigenvalue weighted by molar-refractivity contribution is 0.0944. The maximum Gasteiger partial charge on any atom is 0.251 e. The molecule has 4 N–H and O–H groups in total. The molecule has 0 radical (unpaired) electrons. The third-order valence-electron chi connectivity index (χ3n) is 3.25. The van der Waals surface area contributed by atoms with Crippen LogP contribution in [-0.4, -0.2) is 35.8 Å². The maximum atomic E-state index is 11.8. The highest BCUT2D eigenvalue weighted by Gasteiger charge is 2.15. The topological polar surface area (TPSA) is 81.6 Å². The number of benzene rings is 1. The molecule has 98 valence electrons. The van der Waals surface area contributed by atoms with Gasteiger partial charge in [0.25, 0.3) is 5.91 Å². The number of aromatic hydroxyl groups is 2. The van der Waals surface area contributed by atoms with Crippen LogP contribution in [0, 0.1) is 5.92 Å². The van der Waals surface area contributed by atoms with Crippen LogP contribution in [-0.2, 0) is 0 Å². The predicted molar refractivity (Wildman–Crippen MR) is 67.7 cm³/mol. The standard InChI is InChI=1S/C13H18N2O3/c16-11-2-1-10(7-12(11)17)13(18)15-8-9-3-5-14-6-4-9/h1-2,7,9,14,16-17H,3-6,8H2,(H,15,18). The maximum absolute atomic E-state index is 11.8. The van der Waals surface area contributed by atoms with E-state index < -0.39 is 0 Å². The lowest BCUT2D eigenvalue weighted by Crippen LogP contribution is -2.35. The van der Waals surface area contributed by atoms with Gasteiger partial charge in [0, 0.05) is 12.1 Å². The molecule has 1 saturated heterocycles. The van der Waals surface area contributed by atoms with E-state index in [-0.39, 0.29) is 17.4 Å². The molecule has 0 saturated carbocycles. The Hall–Kier alpha value is -1.75. The van der Waals surface area contributed by atoms with E-state index in [1.807, 2.05) is 0 Å². The summed E-state index contributed by atoms with van der Waals surface area (Å²) in [6, 6.07) is 4.08. The fourth-order valence-corrected chi connectivity index (χ4v) is 2.09. The molecule has 1 aliphatic rings. The van der Waals surface area contributed by atoms with Crippen molar-refractivity contribution in [3.63, 3.8) is 0 Å². The molecular formula is C13H18N2O3. The van der Waals surface area contributed by atoms with E-state index in [2.05, 4.69) is 10.6 Å². The van der Waals surface area contributed by atoms with Gasteiger partial charge >= 0.3 is 0 Å². The Morgan fingerprint density at radius 1 is 1.28 bits per heavy atom. The van der Waals surface area contributed by atoms with Crippen LogP contribution in [0.3, 0.4) is 0 Å². The Labute approximate surface area is 106 Å². The van der Waals surface area contributed by atoms with E-state index in [9.17, 15) is 15.0 Å². The minimum Gasteiger partial charge on any atom is -0.504 e. The Kier molecular flexibility index (Phi) is 4.04. The van der Waals surface area contributed by atoms with E-state index >= 15 is 0 Å². The predicted octanol–water partition coefficient (Wildman–Crippen LogP) is 0.827. The summed E-state index contributed by atoms with van der Waals surface area (Å²) in [6.45, 7) is 2.66. The van der Waals surface area contributed by atoms with Gasteiger partial charge < -0.3 is 20.8 Å². The molecule has 0 spiro atoms. The van der Waals surface area contributed by atoms with Crippen LogP contribution in [0.1, 0.15) is 23.2 Å². The average molecular weight is 250 g/mol.